The minimum atomic E-state index is 0.00375. The Hall–Kier alpha value is -0.610. The molecule has 1 aliphatic heterocycles. The van der Waals surface area contributed by atoms with Crippen LogP contribution in [0.4, 0.5) is 0 Å². The summed E-state index contributed by atoms with van der Waals surface area (Å²) < 4.78 is 5.55. The van der Waals surface area contributed by atoms with E-state index in [1.54, 1.807) is 7.11 Å². The first-order valence-electron chi connectivity index (χ1n) is 7.37. The molecule has 2 N–H and O–H groups in total. The molecular weight excluding hydrogens is 272 g/mol. The highest BCUT2D eigenvalue weighted by Gasteiger charge is 2.26. The van der Waals surface area contributed by atoms with Crippen molar-refractivity contribution < 1.29 is 4.74 Å². The Morgan fingerprint density at radius 2 is 2.20 bits per heavy atom. The molecule has 0 bridgehead atoms. The van der Waals surface area contributed by atoms with E-state index >= 15 is 0 Å². The van der Waals surface area contributed by atoms with Crippen molar-refractivity contribution in [2.45, 2.75) is 31.9 Å². The normalized spacial score (nSPS) is 25.6. The maximum Gasteiger partial charge on any atom is 0.0724 e. The molecule has 1 saturated heterocycles. The number of hydrogen-bond donors (Lipinski definition) is 1. The van der Waals surface area contributed by atoms with Crippen LogP contribution in [0.3, 0.4) is 0 Å². The third-order valence-corrected chi connectivity index (χ3v) is 4.68. The van der Waals surface area contributed by atoms with Crippen LogP contribution < -0.4 is 5.73 Å². The fourth-order valence-corrected chi connectivity index (χ4v) is 3.14. The number of benzene rings is 1. The minimum absolute atomic E-state index is 0.00375. The lowest BCUT2D eigenvalue weighted by Crippen LogP contribution is -2.44. The van der Waals surface area contributed by atoms with Gasteiger partial charge in [-0.3, -0.25) is 0 Å². The van der Waals surface area contributed by atoms with Gasteiger partial charge >= 0.3 is 0 Å². The molecule has 2 rings (SSSR count). The second kappa shape index (κ2) is 7.41. The zero-order chi connectivity index (χ0) is 14.5. The van der Waals surface area contributed by atoms with Gasteiger partial charge in [0.2, 0.25) is 0 Å². The number of piperidine rings is 1. The number of likely N-dealkylation sites (tertiary alicyclic amines) is 1. The number of nitrogens with zero attached hydrogens (tertiary/aromatic N) is 1. The summed E-state index contributed by atoms with van der Waals surface area (Å²) in [6.45, 7) is 5.41. The molecule has 1 aromatic carbocycles. The molecule has 1 aromatic rings. The van der Waals surface area contributed by atoms with Gasteiger partial charge in [0.25, 0.3) is 0 Å². The minimum Gasteiger partial charge on any atom is -0.380 e. The summed E-state index contributed by atoms with van der Waals surface area (Å²) in [6, 6.07) is 7.85. The average Bonchev–Trinajstić information content (AvgIpc) is 2.46. The van der Waals surface area contributed by atoms with Crippen LogP contribution in [0.25, 0.3) is 0 Å². The monoisotopic (exact) mass is 296 g/mol. The summed E-state index contributed by atoms with van der Waals surface area (Å²) in [4.78, 5) is 2.45. The van der Waals surface area contributed by atoms with Gasteiger partial charge in [-0.25, -0.2) is 0 Å². The van der Waals surface area contributed by atoms with Crippen LogP contribution >= 0.6 is 11.6 Å². The van der Waals surface area contributed by atoms with Crippen molar-refractivity contribution in [3.05, 3.63) is 34.9 Å². The summed E-state index contributed by atoms with van der Waals surface area (Å²) in [5.41, 5.74) is 7.31. The maximum atomic E-state index is 6.27. The Kier molecular flexibility index (Phi) is 5.85. The Bertz CT molecular complexity index is 427. The van der Waals surface area contributed by atoms with Crippen LogP contribution in [-0.2, 0) is 4.74 Å². The molecule has 1 fully saturated rings. The molecule has 0 spiro atoms. The van der Waals surface area contributed by atoms with Gasteiger partial charge in [0.1, 0.15) is 0 Å². The number of methoxy groups -OCH3 is 1. The highest BCUT2D eigenvalue weighted by Crippen LogP contribution is 2.25. The number of halogens is 1. The second-order valence-electron chi connectivity index (χ2n) is 5.76. The summed E-state index contributed by atoms with van der Waals surface area (Å²) in [7, 11) is 1.81. The van der Waals surface area contributed by atoms with E-state index in [0.29, 0.717) is 12.0 Å². The first-order valence-corrected chi connectivity index (χ1v) is 7.74. The predicted octanol–water partition coefficient (Wildman–Crippen LogP) is 3.09. The molecule has 20 heavy (non-hydrogen) atoms. The van der Waals surface area contributed by atoms with Crippen LogP contribution in [0, 0.1) is 5.92 Å². The van der Waals surface area contributed by atoms with Gasteiger partial charge in [0.15, 0.2) is 0 Å². The van der Waals surface area contributed by atoms with Gasteiger partial charge in [-0.15, -0.1) is 0 Å². The third-order valence-electron chi connectivity index (χ3n) is 4.34. The molecule has 112 valence electrons. The highest BCUT2D eigenvalue weighted by atomic mass is 35.5. The van der Waals surface area contributed by atoms with Crippen molar-refractivity contribution in [1.29, 1.82) is 0 Å². The van der Waals surface area contributed by atoms with E-state index in [1.807, 2.05) is 24.3 Å². The Morgan fingerprint density at radius 1 is 1.45 bits per heavy atom. The number of hydrogen-bond acceptors (Lipinski definition) is 3. The summed E-state index contributed by atoms with van der Waals surface area (Å²) >= 11 is 6.19. The van der Waals surface area contributed by atoms with E-state index in [4.69, 9.17) is 22.1 Å². The van der Waals surface area contributed by atoms with E-state index in [-0.39, 0.29) is 6.04 Å². The van der Waals surface area contributed by atoms with E-state index in [9.17, 15) is 0 Å². The molecule has 1 aliphatic rings. The highest BCUT2D eigenvalue weighted by molar-refractivity contribution is 6.31. The molecule has 0 saturated carbocycles. The smallest absolute Gasteiger partial charge is 0.0724 e. The second-order valence-corrected chi connectivity index (χ2v) is 6.16. The quantitative estimate of drug-likeness (QED) is 0.907. The van der Waals surface area contributed by atoms with Crippen LogP contribution in [0.2, 0.25) is 5.02 Å². The van der Waals surface area contributed by atoms with Gasteiger partial charge in [-0.2, -0.15) is 0 Å². The standard InChI is InChI=1S/C16H25ClN2O/c1-12-7-9-19(11-16(12)20-2)10-8-15(18)13-5-3-4-6-14(13)17/h3-6,12,15-16H,7-11,18H2,1-2H3. The molecule has 0 amide bonds. The molecule has 0 aliphatic carbocycles. The molecule has 3 unspecified atom stereocenters. The maximum absolute atomic E-state index is 6.27. The van der Waals surface area contributed by atoms with Gasteiger partial charge in [0, 0.05) is 31.3 Å². The fourth-order valence-electron chi connectivity index (χ4n) is 2.86. The van der Waals surface area contributed by atoms with Crippen molar-refractivity contribution >= 4 is 11.6 Å². The topological polar surface area (TPSA) is 38.5 Å². The summed E-state index contributed by atoms with van der Waals surface area (Å²) in [5, 5.41) is 0.766. The Balaban J connectivity index is 1.85. The van der Waals surface area contributed by atoms with Crippen molar-refractivity contribution in [2.24, 2.45) is 11.7 Å². The lowest BCUT2D eigenvalue weighted by Gasteiger charge is -2.36. The van der Waals surface area contributed by atoms with E-state index < -0.39 is 0 Å². The van der Waals surface area contributed by atoms with Gasteiger partial charge < -0.3 is 15.4 Å². The Labute approximate surface area is 127 Å². The molecule has 0 radical (unpaired) electrons. The van der Waals surface area contributed by atoms with Crippen molar-refractivity contribution in [3.63, 3.8) is 0 Å². The van der Waals surface area contributed by atoms with Gasteiger partial charge in [-0.05, 0) is 36.9 Å². The third kappa shape index (κ3) is 3.95. The molecule has 3 nitrogen and oxygen atoms in total. The van der Waals surface area contributed by atoms with Gasteiger partial charge in [-0.1, -0.05) is 36.7 Å². The first kappa shape index (κ1) is 15.8. The van der Waals surface area contributed by atoms with Crippen molar-refractivity contribution in [1.82, 2.24) is 4.90 Å². The van der Waals surface area contributed by atoms with Crippen LogP contribution in [0.15, 0.2) is 24.3 Å². The molecule has 4 heteroatoms. The lowest BCUT2D eigenvalue weighted by atomic mass is 9.95. The molecule has 1 heterocycles. The van der Waals surface area contributed by atoms with Crippen molar-refractivity contribution in [3.8, 4) is 0 Å². The van der Waals surface area contributed by atoms with E-state index in [1.165, 1.54) is 6.42 Å². The number of rotatable bonds is 5. The molecule has 0 aromatic heterocycles. The van der Waals surface area contributed by atoms with E-state index in [0.717, 1.165) is 36.6 Å². The average molecular weight is 297 g/mol. The predicted molar refractivity (Wildman–Crippen MR) is 84.0 cm³/mol. The van der Waals surface area contributed by atoms with Gasteiger partial charge in [0.05, 0.1) is 6.10 Å². The SMILES string of the molecule is COC1CN(CCC(N)c2ccccc2Cl)CCC1C. The van der Waals surface area contributed by atoms with Crippen LogP contribution in [0.1, 0.15) is 31.4 Å². The van der Waals surface area contributed by atoms with E-state index in [2.05, 4.69) is 11.8 Å². The lowest BCUT2D eigenvalue weighted by molar-refractivity contribution is -0.00555. The summed E-state index contributed by atoms with van der Waals surface area (Å²) in [5.74, 6) is 0.647. The number of ether oxygens (including phenoxy) is 1. The largest absolute Gasteiger partial charge is 0.380 e. The zero-order valence-corrected chi connectivity index (χ0v) is 13.1. The van der Waals surface area contributed by atoms with Crippen LogP contribution in [0.5, 0.6) is 0 Å². The van der Waals surface area contributed by atoms with Crippen molar-refractivity contribution in [2.75, 3.05) is 26.7 Å². The number of nitrogens with two attached hydrogens (primary N) is 1. The fraction of sp³-hybridized carbons (Fsp3) is 0.625. The Morgan fingerprint density at radius 3 is 2.90 bits per heavy atom. The zero-order valence-electron chi connectivity index (χ0n) is 12.4. The summed E-state index contributed by atoms with van der Waals surface area (Å²) in [6.07, 6.45) is 2.47. The van der Waals surface area contributed by atoms with Crippen LogP contribution in [-0.4, -0.2) is 37.7 Å². The first-order chi connectivity index (χ1) is 9.61. The molecular formula is C16H25ClN2O. The molecule has 3 atom stereocenters.